The van der Waals surface area contributed by atoms with Crippen molar-refractivity contribution >= 4 is 11.7 Å². The molecule has 146 valence electrons. The first-order chi connectivity index (χ1) is 13.8. The molecule has 8 nitrogen and oxygen atoms in total. The van der Waals surface area contributed by atoms with E-state index < -0.39 is 0 Å². The van der Waals surface area contributed by atoms with Crippen molar-refractivity contribution in [2.45, 2.75) is 19.4 Å². The topological polar surface area (TPSA) is 84.6 Å². The lowest BCUT2D eigenvalue weighted by Gasteiger charge is -2.31. The van der Waals surface area contributed by atoms with E-state index in [-0.39, 0.29) is 12.5 Å². The third-order valence-electron chi connectivity index (χ3n) is 4.93. The molecule has 3 heterocycles. The molecule has 0 spiro atoms. The average Bonchev–Trinajstić information content (AvgIpc) is 3.15. The summed E-state index contributed by atoms with van der Waals surface area (Å²) in [5.74, 6) is 2.55. The summed E-state index contributed by atoms with van der Waals surface area (Å²) >= 11 is 0. The highest BCUT2D eigenvalue weighted by Crippen LogP contribution is 2.18. The summed E-state index contributed by atoms with van der Waals surface area (Å²) in [6.45, 7) is 3.43. The monoisotopic (exact) mass is 380 g/mol. The molecule has 0 unspecified atom stereocenters. The average molecular weight is 380 g/mol. The second kappa shape index (κ2) is 8.79. The predicted molar refractivity (Wildman–Crippen MR) is 104 cm³/mol. The molecule has 3 aromatic rings. The van der Waals surface area contributed by atoms with Gasteiger partial charge < -0.3 is 10.1 Å². The molecule has 28 heavy (non-hydrogen) atoms. The minimum Gasteiger partial charge on any atom is -0.484 e. The second-order valence-corrected chi connectivity index (χ2v) is 7.02. The number of piperidine rings is 1. The molecular formula is C20H24N6O2. The summed E-state index contributed by atoms with van der Waals surface area (Å²) in [5.41, 5.74) is 0. The van der Waals surface area contributed by atoms with Crippen LogP contribution >= 0.6 is 0 Å². The number of nitrogens with zero attached hydrogens (tertiary/aromatic N) is 5. The Morgan fingerprint density at radius 1 is 1.18 bits per heavy atom. The van der Waals surface area contributed by atoms with Gasteiger partial charge in [-0.25, -0.2) is 9.50 Å². The third-order valence-corrected chi connectivity index (χ3v) is 4.93. The van der Waals surface area contributed by atoms with E-state index in [4.69, 9.17) is 4.74 Å². The van der Waals surface area contributed by atoms with Crippen molar-refractivity contribution in [2.24, 2.45) is 5.92 Å². The second-order valence-electron chi connectivity index (χ2n) is 7.02. The molecular weight excluding hydrogens is 356 g/mol. The van der Waals surface area contributed by atoms with E-state index in [2.05, 4.69) is 25.3 Å². The summed E-state index contributed by atoms with van der Waals surface area (Å²) in [5, 5.41) is 7.45. The number of carbonyl (C=O) groups is 1. The molecule has 0 atom stereocenters. The zero-order chi connectivity index (χ0) is 19.2. The molecule has 1 aromatic carbocycles. The van der Waals surface area contributed by atoms with Crippen LogP contribution in [0.4, 0.5) is 0 Å². The highest BCUT2D eigenvalue weighted by molar-refractivity contribution is 5.77. The Bertz CT molecular complexity index is 872. The van der Waals surface area contributed by atoms with Gasteiger partial charge in [-0.1, -0.05) is 18.2 Å². The maximum Gasteiger partial charge on any atom is 0.257 e. The molecule has 1 fully saturated rings. The van der Waals surface area contributed by atoms with Crippen molar-refractivity contribution in [3.8, 4) is 5.75 Å². The number of hydrogen-bond acceptors (Lipinski definition) is 6. The first-order valence-electron chi connectivity index (χ1n) is 9.59. The lowest BCUT2D eigenvalue weighted by atomic mass is 9.97. The number of benzene rings is 1. The number of carbonyl (C=O) groups excluding carboxylic acids is 1. The van der Waals surface area contributed by atoms with Gasteiger partial charge in [0.1, 0.15) is 5.75 Å². The van der Waals surface area contributed by atoms with Crippen LogP contribution in [0.2, 0.25) is 0 Å². The zero-order valence-electron chi connectivity index (χ0n) is 15.7. The number of fused-ring (bicyclic) bond motifs is 1. The van der Waals surface area contributed by atoms with Gasteiger partial charge in [0.05, 0.1) is 6.54 Å². The Hall–Kier alpha value is -3.00. The van der Waals surface area contributed by atoms with Crippen LogP contribution in [0, 0.1) is 5.92 Å². The summed E-state index contributed by atoms with van der Waals surface area (Å²) in [6.07, 6.45) is 5.67. The van der Waals surface area contributed by atoms with Crippen LogP contribution in [0.15, 0.2) is 48.8 Å². The van der Waals surface area contributed by atoms with Crippen LogP contribution in [0.5, 0.6) is 5.75 Å². The standard InChI is InChI=1S/C20H24N6O2/c27-19(15-28-17-5-2-1-3-6-17)22-13-16-7-11-25(12-8-16)14-18-23-20-21-9-4-10-26(20)24-18/h1-6,9-10,16H,7-8,11-15H2,(H,22,27). The first kappa shape index (κ1) is 18.4. The molecule has 8 heteroatoms. The van der Waals surface area contributed by atoms with Gasteiger partial charge in [-0.2, -0.15) is 4.98 Å². The highest BCUT2D eigenvalue weighted by Gasteiger charge is 2.21. The van der Waals surface area contributed by atoms with Crippen LogP contribution in [-0.2, 0) is 11.3 Å². The van der Waals surface area contributed by atoms with Crippen molar-refractivity contribution in [3.63, 3.8) is 0 Å². The first-order valence-corrected chi connectivity index (χ1v) is 9.59. The van der Waals surface area contributed by atoms with Crippen molar-refractivity contribution in [1.82, 2.24) is 29.8 Å². The molecule has 4 rings (SSSR count). The van der Waals surface area contributed by atoms with Crippen LogP contribution < -0.4 is 10.1 Å². The SMILES string of the molecule is O=C(COc1ccccc1)NCC1CCN(Cc2nc3ncccn3n2)CC1. The van der Waals surface area contributed by atoms with Crippen LogP contribution in [0.3, 0.4) is 0 Å². The maximum absolute atomic E-state index is 12.0. The van der Waals surface area contributed by atoms with Gasteiger partial charge in [0.25, 0.3) is 11.7 Å². The van der Waals surface area contributed by atoms with Crippen molar-refractivity contribution in [1.29, 1.82) is 0 Å². The molecule has 0 radical (unpaired) electrons. The summed E-state index contributed by atoms with van der Waals surface area (Å²) in [7, 11) is 0. The van der Waals surface area contributed by atoms with E-state index in [0.29, 0.717) is 24.0 Å². The van der Waals surface area contributed by atoms with Gasteiger partial charge in [-0.05, 0) is 50.0 Å². The Balaban J connectivity index is 1.16. The summed E-state index contributed by atoms with van der Waals surface area (Å²) in [4.78, 5) is 23.0. The van der Waals surface area contributed by atoms with Gasteiger partial charge >= 0.3 is 0 Å². The molecule has 1 saturated heterocycles. The van der Waals surface area contributed by atoms with Crippen LogP contribution in [0.1, 0.15) is 18.7 Å². The molecule has 0 saturated carbocycles. The minimum absolute atomic E-state index is 0.0520. The Labute approximate surface area is 163 Å². The number of likely N-dealkylation sites (tertiary alicyclic amines) is 1. The van der Waals surface area contributed by atoms with Crippen LogP contribution in [-0.4, -0.2) is 56.6 Å². The number of hydrogen-bond donors (Lipinski definition) is 1. The number of nitrogens with one attached hydrogen (secondary N) is 1. The largest absolute Gasteiger partial charge is 0.484 e. The highest BCUT2D eigenvalue weighted by atomic mass is 16.5. The quantitative estimate of drug-likeness (QED) is 0.669. The fourth-order valence-corrected chi connectivity index (χ4v) is 3.37. The van der Waals surface area contributed by atoms with Gasteiger partial charge in [-0.3, -0.25) is 9.69 Å². The van der Waals surface area contributed by atoms with E-state index in [1.165, 1.54) is 0 Å². The maximum atomic E-state index is 12.0. The van der Waals surface area contributed by atoms with Gasteiger partial charge in [0.2, 0.25) is 0 Å². The minimum atomic E-state index is -0.0762. The normalized spacial score (nSPS) is 15.6. The molecule has 2 aromatic heterocycles. The van der Waals surface area contributed by atoms with E-state index >= 15 is 0 Å². The number of rotatable bonds is 7. The van der Waals surface area contributed by atoms with Crippen molar-refractivity contribution in [3.05, 3.63) is 54.6 Å². The molecule has 1 aliphatic rings. The summed E-state index contributed by atoms with van der Waals surface area (Å²) < 4.78 is 7.18. The molecule has 1 amide bonds. The van der Waals surface area contributed by atoms with Gasteiger partial charge in [0, 0.05) is 18.9 Å². The molecule has 1 N–H and O–H groups in total. The number of amides is 1. The predicted octanol–water partition coefficient (Wildman–Crippen LogP) is 1.53. The fourth-order valence-electron chi connectivity index (χ4n) is 3.37. The Kier molecular flexibility index (Phi) is 5.77. The van der Waals surface area contributed by atoms with E-state index in [0.717, 1.165) is 38.3 Å². The number of aromatic nitrogens is 4. The lowest BCUT2D eigenvalue weighted by Crippen LogP contribution is -2.39. The Morgan fingerprint density at radius 2 is 2.00 bits per heavy atom. The van der Waals surface area contributed by atoms with Gasteiger partial charge in [-0.15, -0.1) is 5.10 Å². The smallest absolute Gasteiger partial charge is 0.257 e. The zero-order valence-corrected chi connectivity index (χ0v) is 15.7. The number of ether oxygens (including phenoxy) is 1. The summed E-state index contributed by atoms with van der Waals surface area (Å²) in [6, 6.07) is 11.2. The van der Waals surface area contributed by atoms with Gasteiger partial charge in [0.15, 0.2) is 12.4 Å². The lowest BCUT2D eigenvalue weighted by molar-refractivity contribution is -0.123. The molecule has 0 bridgehead atoms. The van der Waals surface area contributed by atoms with Crippen molar-refractivity contribution in [2.75, 3.05) is 26.2 Å². The van der Waals surface area contributed by atoms with E-state index in [1.807, 2.05) is 42.6 Å². The third kappa shape index (κ3) is 4.83. The molecule has 1 aliphatic heterocycles. The van der Waals surface area contributed by atoms with Crippen LogP contribution in [0.25, 0.3) is 5.78 Å². The molecule has 0 aliphatic carbocycles. The van der Waals surface area contributed by atoms with E-state index in [9.17, 15) is 4.79 Å². The Morgan fingerprint density at radius 3 is 2.79 bits per heavy atom. The fraction of sp³-hybridized carbons (Fsp3) is 0.400. The van der Waals surface area contributed by atoms with Crippen molar-refractivity contribution < 1.29 is 9.53 Å². The number of para-hydroxylation sites is 1. The van der Waals surface area contributed by atoms with E-state index in [1.54, 1.807) is 10.7 Å².